The zero-order valence-corrected chi connectivity index (χ0v) is 22.7. The first-order chi connectivity index (χ1) is 18.0. The van der Waals surface area contributed by atoms with Crippen LogP contribution >= 0.6 is 0 Å². The number of ether oxygens (including phenoxy) is 1. The zero-order chi connectivity index (χ0) is 26.4. The Morgan fingerprint density at radius 3 is 2.68 bits per heavy atom. The van der Waals surface area contributed by atoms with Crippen LogP contribution < -0.4 is 10.6 Å². The molecule has 1 aromatic carbocycles. The highest BCUT2D eigenvalue weighted by Crippen LogP contribution is 2.25. The lowest BCUT2D eigenvalue weighted by molar-refractivity contribution is 0.169. The number of nitrogens with zero attached hydrogens (tertiary/aromatic N) is 6. The van der Waals surface area contributed by atoms with Crippen molar-refractivity contribution >= 4 is 16.9 Å². The monoisotopic (exact) mass is 502 g/mol. The lowest BCUT2D eigenvalue weighted by Gasteiger charge is -2.26. The van der Waals surface area contributed by atoms with Crippen LogP contribution in [0.5, 0.6) is 0 Å². The fourth-order valence-corrected chi connectivity index (χ4v) is 4.51. The molecule has 1 aliphatic rings. The number of benzene rings is 1. The van der Waals surface area contributed by atoms with Gasteiger partial charge in [0.1, 0.15) is 6.10 Å². The van der Waals surface area contributed by atoms with E-state index in [0.29, 0.717) is 5.95 Å². The van der Waals surface area contributed by atoms with Crippen molar-refractivity contribution in [3.63, 3.8) is 0 Å². The first-order valence-electron chi connectivity index (χ1n) is 12.8. The summed E-state index contributed by atoms with van der Waals surface area (Å²) < 4.78 is 7.68. The molecule has 2 N–H and O–H groups in total. The van der Waals surface area contributed by atoms with E-state index in [1.54, 1.807) is 13.3 Å². The van der Waals surface area contributed by atoms with Crippen molar-refractivity contribution in [3.05, 3.63) is 72.0 Å². The van der Waals surface area contributed by atoms with Crippen LogP contribution in [0.3, 0.4) is 0 Å². The first kappa shape index (κ1) is 26.4. The maximum absolute atomic E-state index is 5.81. The van der Waals surface area contributed by atoms with Crippen LogP contribution in [-0.4, -0.2) is 83.0 Å². The maximum Gasteiger partial charge on any atom is 0.227 e. The van der Waals surface area contributed by atoms with Gasteiger partial charge >= 0.3 is 0 Å². The lowest BCUT2D eigenvalue weighted by Crippen LogP contribution is -2.33. The van der Waals surface area contributed by atoms with E-state index in [-0.39, 0.29) is 6.10 Å². The molecule has 196 valence electrons. The van der Waals surface area contributed by atoms with Gasteiger partial charge in [-0.05, 0) is 49.5 Å². The summed E-state index contributed by atoms with van der Waals surface area (Å²) in [5.74, 6) is 0.513. The number of aromatic nitrogens is 4. The Kier molecular flexibility index (Phi) is 8.58. The van der Waals surface area contributed by atoms with Crippen LogP contribution in [0.25, 0.3) is 22.2 Å². The van der Waals surface area contributed by atoms with Crippen molar-refractivity contribution < 1.29 is 4.74 Å². The summed E-state index contributed by atoms with van der Waals surface area (Å²) in [5.41, 5.74) is 5.89. The van der Waals surface area contributed by atoms with E-state index in [0.717, 1.165) is 65.4 Å². The van der Waals surface area contributed by atoms with Crippen molar-refractivity contribution in [1.82, 2.24) is 34.9 Å². The van der Waals surface area contributed by atoms with Crippen molar-refractivity contribution in [1.29, 1.82) is 0 Å². The third-order valence-corrected chi connectivity index (χ3v) is 6.85. The zero-order valence-electron chi connectivity index (χ0n) is 22.7. The van der Waals surface area contributed by atoms with E-state index in [4.69, 9.17) is 9.72 Å². The highest BCUT2D eigenvalue weighted by atomic mass is 16.5. The largest absolute Gasteiger partial charge is 0.386 e. The van der Waals surface area contributed by atoms with Gasteiger partial charge in [0, 0.05) is 58.5 Å². The molecule has 37 heavy (non-hydrogen) atoms. The molecule has 1 atom stereocenters. The summed E-state index contributed by atoms with van der Waals surface area (Å²) in [6, 6.07) is 8.14. The van der Waals surface area contributed by atoms with Crippen molar-refractivity contribution in [2.24, 2.45) is 7.05 Å². The van der Waals surface area contributed by atoms with Crippen LogP contribution in [0, 0.1) is 0 Å². The lowest BCUT2D eigenvalue weighted by atomic mass is 10.1. The predicted molar refractivity (Wildman–Crippen MR) is 150 cm³/mol. The second kappa shape index (κ2) is 12.0. The third kappa shape index (κ3) is 6.00. The van der Waals surface area contributed by atoms with Gasteiger partial charge in [0.05, 0.1) is 34.5 Å². The second-order valence-corrected chi connectivity index (χ2v) is 9.04. The minimum atomic E-state index is -0.268. The third-order valence-electron chi connectivity index (χ3n) is 6.85. The van der Waals surface area contributed by atoms with Crippen molar-refractivity contribution in [3.8, 4) is 11.3 Å². The van der Waals surface area contributed by atoms with E-state index in [1.165, 1.54) is 0 Å². The topological polar surface area (TPSA) is 83.4 Å². The number of methoxy groups -OCH3 is 1. The van der Waals surface area contributed by atoms with Gasteiger partial charge in [-0.15, -0.1) is 0 Å². The second-order valence-electron chi connectivity index (χ2n) is 9.04. The number of aryl methyl sites for hydroxylation is 1. The summed E-state index contributed by atoms with van der Waals surface area (Å²) in [4.78, 5) is 14.0. The fourth-order valence-electron chi connectivity index (χ4n) is 4.51. The quantitative estimate of drug-likeness (QED) is 0.412. The molecule has 0 saturated heterocycles. The van der Waals surface area contributed by atoms with Gasteiger partial charge in [0.15, 0.2) is 0 Å². The molecular weight excluding hydrogens is 464 g/mol. The van der Waals surface area contributed by atoms with Crippen LogP contribution in [0.4, 0.5) is 5.95 Å². The molecule has 0 spiro atoms. The molecule has 0 radical (unpaired) electrons. The normalized spacial score (nSPS) is 15.8. The van der Waals surface area contributed by atoms with Gasteiger partial charge in [-0.1, -0.05) is 19.9 Å². The van der Waals surface area contributed by atoms with E-state index >= 15 is 0 Å². The van der Waals surface area contributed by atoms with Gasteiger partial charge in [-0.3, -0.25) is 4.68 Å². The summed E-state index contributed by atoms with van der Waals surface area (Å²) in [5, 5.41) is 12.2. The Labute approximate surface area is 219 Å². The highest BCUT2D eigenvalue weighted by molar-refractivity contribution is 5.83. The molecular formula is C28H38N8O. The number of hydrogen-bond acceptors (Lipinski definition) is 8. The van der Waals surface area contributed by atoms with E-state index in [1.807, 2.05) is 31.0 Å². The van der Waals surface area contributed by atoms with Crippen LogP contribution in [0.15, 0.2) is 72.0 Å². The van der Waals surface area contributed by atoms with Crippen LogP contribution in [0.2, 0.25) is 0 Å². The summed E-state index contributed by atoms with van der Waals surface area (Å²) in [6.07, 6.45) is 9.63. The molecule has 2 heterocycles. The summed E-state index contributed by atoms with van der Waals surface area (Å²) in [7, 11) is 7.71. The Bertz CT molecular complexity index is 1300. The Balaban J connectivity index is 1.59. The smallest absolute Gasteiger partial charge is 0.227 e. The molecule has 1 unspecified atom stereocenters. The van der Waals surface area contributed by atoms with Gasteiger partial charge in [-0.2, -0.15) is 5.10 Å². The molecule has 3 aromatic rings. The highest BCUT2D eigenvalue weighted by Gasteiger charge is 2.19. The van der Waals surface area contributed by atoms with Gasteiger partial charge < -0.3 is 25.2 Å². The average molecular weight is 503 g/mol. The Morgan fingerprint density at radius 2 is 1.95 bits per heavy atom. The minimum absolute atomic E-state index is 0.268. The molecule has 2 aromatic heterocycles. The average Bonchev–Trinajstić information content (AvgIpc) is 3.19. The molecule has 0 amide bonds. The van der Waals surface area contributed by atoms with E-state index in [9.17, 15) is 0 Å². The maximum atomic E-state index is 5.81. The molecule has 9 nitrogen and oxygen atoms in total. The fraction of sp³-hybridized carbons (Fsp3) is 0.393. The van der Waals surface area contributed by atoms with Gasteiger partial charge in [0.2, 0.25) is 5.95 Å². The number of anilines is 1. The van der Waals surface area contributed by atoms with Gasteiger partial charge in [-0.25, -0.2) is 9.97 Å². The number of likely N-dealkylation sites (N-methyl/N-ethyl adjacent to an activating group) is 3. The molecule has 4 rings (SSSR count). The minimum Gasteiger partial charge on any atom is -0.386 e. The predicted octanol–water partition coefficient (Wildman–Crippen LogP) is 3.62. The SMILES string of the molecule is CCN(CC)CCN(C)C1=C(NC)C=C(Nc2nccc(-c3ccc4c(cnn4C)c3)n2)C(OC)C=C1. The van der Waals surface area contributed by atoms with Crippen LogP contribution in [0.1, 0.15) is 13.8 Å². The molecule has 0 saturated carbocycles. The van der Waals surface area contributed by atoms with Gasteiger partial charge in [0.25, 0.3) is 0 Å². The number of fused-ring (bicyclic) bond motifs is 1. The number of rotatable bonds is 11. The Morgan fingerprint density at radius 1 is 1.14 bits per heavy atom. The van der Waals surface area contributed by atoms with E-state index < -0.39 is 0 Å². The number of nitrogens with one attached hydrogen (secondary N) is 2. The molecule has 0 aliphatic heterocycles. The summed E-state index contributed by atoms with van der Waals surface area (Å²) in [6.45, 7) is 8.43. The molecule has 0 fully saturated rings. The molecule has 9 heteroatoms. The standard InChI is InChI=1S/C28H38N8O/c1-7-36(8-2)16-15-34(4)26-11-12-27(37-6)24(18-23(26)29-3)33-28-30-14-13-22(32-28)20-9-10-25-21(17-20)19-31-35(25)5/h9-14,17-19,27,29H,7-8,15-16H2,1-6H3,(H,30,32,33). The first-order valence-corrected chi connectivity index (χ1v) is 12.8. The van der Waals surface area contributed by atoms with E-state index in [2.05, 4.69) is 87.8 Å². The Hall–Kier alpha value is -3.69. The van der Waals surface area contributed by atoms with Crippen molar-refractivity contribution in [2.75, 3.05) is 52.7 Å². The number of allylic oxidation sites excluding steroid dienone is 2. The molecule has 1 aliphatic carbocycles. The number of hydrogen-bond donors (Lipinski definition) is 2. The van der Waals surface area contributed by atoms with Crippen molar-refractivity contribution in [2.45, 2.75) is 20.0 Å². The van der Waals surface area contributed by atoms with Crippen LogP contribution in [-0.2, 0) is 11.8 Å². The molecule has 0 bridgehead atoms. The summed E-state index contributed by atoms with van der Waals surface area (Å²) >= 11 is 0.